The average Bonchev–Trinajstić information content (AvgIpc) is 2.26. The van der Waals surface area contributed by atoms with Gasteiger partial charge in [0.1, 0.15) is 17.6 Å². The number of aliphatic hydroxyl groups excluding tert-OH is 1. The molecule has 0 aromatic carbocycles. The van der Waals surface area contributed by atoms with Gasteiger partial charge in [-0.15, -0.1) is 0 Å². The lowest BCUT2D eigenvalue weighted by atomic mass is 9.89. The number of carbonyl (C=O) groups is 1. The first kappa shape index (κ1) is 12.2. The molecule has 96 valence electrons. The molecule has 0 radical (unpaired) electrons. The van der Waals surface area contributed by atoms with Crippen LogP contribution >= 0.6 is 0 Å². The largest absolute Gasteiger partial charge is 0.477 e. The number of nitro groups is 1. The summed E-state index contributed by atoms with van der Waals surface area (Å²) in [7, 11) is 0. The molecule has 0 unspecified atom stereocenters. The summed E-state index contributed by atoms with van der Waals surface area (Å²) in [4.78, 5) is 24.5. The average molecular weight is 253 g/mol. The number of carboxylic acids is 1. The molecule has 1 heterocycles. The van der Waals surface area contributed by atoms with Crippen LogP contribution in [-0.4, -0.2) is 38.2 Å². The number of rotatable bonds is 4. The normalized spacial score (nSPS) is 22.1. The van der Waals surface area contributed by atoms with Gasteiger partial charge in [-0.25, -0.2) is 9.78 Å². The molecule has 1 aromatic heterocycles. The van der Waals surface area contributed by atoms with Gasteiger partial charge >= 0.3 is 11.7 Å². The number of pyridine rings is 1. The fraction of sp³-hybridized carbons (Fsp3) is 0.400. The Balaban J connectivity index is 2.20. The fourth-order valence-electron chi connectivity index (χ4n) is 1.76. The number of aromatic carboxylic acids is 1. The van der Waals surface area contributed by atoms with E-state index in [0.29, 0.717) is 12.8 Å². The van der Waals surface area contributed by atoms with Crippen LogP contribution in [0.4, 0.5) is 11.5 Å². The van der Waals surface area contributed by atoms with E-state index in [2.05, 4.69) is 10.3 Å². The minimum Gasteiger partial charge on any atom is -0.477 e. The molecule has 1 saturated carbocycles. The van der Waals surface area contributed by atoms with E-state index in [9.17, 15) is 14.9 Å². The van der Waals surface area contributed by atoms with E-state index >= 15 is 0 Å². The van der Waals surface area contributed by atoms with Crippen molar-refractivity contribution in [2.45, 2.75) is 25.0 Å². The van der Waals surface area contributed by atoms with Gasteiger partial charge in [0.2, 0.25) is 0 Å². The van der Waals surface area contributed by atoms with E-state index in [1.54, 1.807) is 0 Å². The monoisotopic (exact) mass is 253 g/mol. The zero-order chi connectivity index (χ0) is 13.3. The zero-order valence-corrected chi connectivity index (χ0v) is 9.24. The Morgan fingerprint density at radius 2 is 2.22 bits per heavy atom. The Labute approximate surface area is 101 Å². The van der Waals surface area contributed by atoms with E-state index in [1.165, 1.54) is 0 Å². The third kappa shape index (κ3) is 2.38. The van der Waals surface area contributed by atoms with Crippen LogP contribution < -0.4 is 5.32 Å². The molecule has 0 amide bonds. The van der Waals surface area contributed by atoms with Crippen molar-refractivity contribution in [2.24, 2.45) is 0 Å². The smallest absolute Gasteiger partial charge is 0.342 e. The third-order valence-corrected chi connectivity index (χ3v) is 2.78. The van der Waals surface area contributed by atoms with Crippen LogP contribution in [0.2, 0.25) is 0 Å². The van der Waals surface area contributed by atoms with Gasteiger partial charge in [0.15, 0.2) is 0 Å². The highest BCUT2D eigenvalue weighted by Crippen LogP contribution is 2.25. The van der Waals surface area contributed by atoms with E-state index in [1.807, 2.05) is 0 Å². The summed E-state index contributed by atoms with van der Waals surface area (Å²) in [6.45, 7) is 0. The van der Waals surface area contributed by atoms with Crippen molar-refractivity contribution >= 4 is 17.5 Å². The molecular formula is C10H11N3O5. The summed E-state index contributed by atoms with van der Waals surface area (Å²) < 4.78 is 0. The standard InChI is InChI=1S/C10H11N3O5/c14-6-1-5(2-6)12-9-3-7(10(15)16)8(4-11-9)13(17)18/h3-6,14H,1-2H2,(H,11,12)(H,15,16). The minimum atomic E-state index is -1.37. The van der Waals surface area contributed by atoms with Gasteiger partial charge in [0, 0.05) is 12.1 Å². The van der Waals surface area contributed by atoms with Gasteiger partial charge in [-0.3, -0.25) is 10.1 Å². The van der Waals surface area contributed by atoms with Crippen LogP contribution in [0, 0.1) is 10.1 Å². The first-order chi connectivity index (χ1) is 8.47. The zero-order valence-electron chi connectivity index (χ0n) is 9.24. The topological polar surface area (TPSA) is 126 Å². The third-order valence-electron chi connectivity index (χ3n) is 2.78. The molecule has 2 rings (SSSR count). The summed E-state index contributed by atoms with van der Waals surface area (Å²) in [6.07, 6.45) is 1.68. The summed E-state index contributed by atoms with van der Waals surface area (Å²) in [5.41, 5.74) is -0.945. The highest BCUT2D eigenvalue weighted by atomic mass is 16.6. The lowest BCUT2D eigenvalue weighted by Crippen LogP contribution is -2.39. The molecular weight excluding hydrogens is 242 g/mol. The van der Waals surface area contributed by atoms with Gasteiger partial charge in [-0.2, -0.15) is 0 Å². The Kier molecular flexibility index (Phi) is 3.11. The van der Waals surface area contributed by atoms with Gasteiger partial charge in [-0.1, -0.05) is 0 Å². The number of hydrogen-bond acceptors (Lipinski definition) is 6. The van der Waals surface area contributed by atoms with Crippen molar-refractivity contribution in [1.82, 2.24) is 4.98 Å². The number of aliphatic hydroxyl groups is 1. The summed E-state index contributed by atoms with van der Waals surface area (Å²) in [6, 6.07) is 1.15. The summed E-state index contributed by atoms with van der Waals surface area (Å²) in [5.74, 6) is -1.12. The second-order valence-corrected chi connectivity index (χ2v) is 4.12. The maximum Gasteiger partial charge on any atom is 0.342 e. The van der Waals surface area contributed by atoms with Gasteiger partial charge in [0.25, 0.3) is 0 Å². The first-order valence-electron chi connectivity index (χ1n) is 5.29. The van der Waals surface area contributed by atoms with Crippen molar-refractivity contribution in [3.05, 3.63) is 27.9 Å². The molecule has 1 aromatic rings. The van der Waals surface area contributed by atoms with E-state index < -0.39 is 22.1 Å². The molecule has 8 nitrogen and oxygen atoms in total. The molecule has 3 N–H and O–H groups in total. The molecule has 0 atom stereocenters. The van der Waals surface area contributed by atoms with E-state index in [4.69, 9.17) is 10.2 Å². The van der Waals surface area contributed by atoms with Crippen molar-refractivity contribution in [3.63, 3.8) is 0 Å². The Morgan fingerprint density at radius 1 is 1.56 bits per heavy atom. The van der Waals surface area contributed by atoms with Crippen LogP contribution in [0.3, 0.4) is 0 Å². The van der Waals surface area contributed by atoms with Crippen LogP contribution in [0.15, 0.2) is 12.3 Å². The lowest BCUT2D eigenvalue weighted by Gasteiger charge is -2.32. The minimum absolute atomic E-state index is 0.0237. The highest BCUT2D eigenvalue weighted by Gasteiger charge is 2.28. The molecule has 0 saturated heterocycles. The fourth-order valence-corrected chi connectivity index (χ4v) is 1.76. The second kappa shape index (κ2) is 4.57. The highest BCUT2D eigenvalue weighted by molar-refractivity contribution is 5.93. The van der Waals surface area contributed by atoms with Gasteiger partial charge in [0.05, 0.1) is 11.0 Å². The van der Waals surface area contributed by atoms with Crippen LogP contribution in [0.25, 0.3) is 0 Å². The van der Waals surface area contributed by atoms with Gasteiger partial charge < -0.3 is 15.5 Å². The summed E-state index contributed by atoms with van der Waals surface area (Å²) >= 11 is 0. The van der Waals surface area contributed by atoms with Crippen molar-refractivity contribution < 1.29 is 19.9 Å². The number of anilines is 1. The number of nitrogens with zero attached hydrogens (tertiary/aromatic N) is 2. The van der Waals surface area contributed by atoms with Crippen molar-refractivity contribution in [1.29, 1.82) is 0 Å². The SMILES string of the molecule is O=C(O)c1cc(NC2CC(O)C2)ncc1[N+](=O)[O-]. The Bertz CT molecular complexity index is 498. The summed E-state index contributed by atoms with van der Waals surface area (Å²) in [5, 5.41) is 31.5. The molecule has 0 aliphatic heterocycles. The number of aromatic nitrogens is 1. The van der Waals surface area contributed by atoms with Gasteiger partial charge in [-0.05, 0) is 12.8 Å². The molecule has 1 aliphatic rings. The predicted octanol–water partition coefficient (Wildman–Crippen LogP) is 0.623. The van der Waals surface area contributed by atoms with E-state index in [0.717, 1.165) is 12.3 Å². The number of carboxylic acid groups (broad SMARTS) is 1. The second-order valence-electron chi connectivity index (χ2n) is 4.12. The van der Waals surface area contributed by atoms with Crippen LogP contribution in [0.5, 0.6) is 0 Å². The quantitative estimate of drug-likeness (QED) is 0.530. The molecule has 0 bridgehead atoms. The number of nitrogens with one attached hydrogen (secondary N) is 1. The molecule has 0 spiro atoms. The first-order valence-corrected chi connectivity index (χ1v) is 5.29. The maximum absolute atomic E-state index is 10.9. The molecule has 1 aliphatic carbocycles. The molecule has 8 heteroatoms. The van der Waals surface area contributed by atoms with Crippen LogP contribution in [0.1, 0.15) is 23.2 Å². The number of hydrogen-bond donors (Lipinski definition) is 3. The van der Waals surface area contributed by atoms with Crippen molar-refractivity contribution in [2.75, 3.05) is 5.32 Å². The maximum atomic E-state index is 10.9. The van der Waals surface area contributed by atoms with Crippen molar-refractivity contribution in [3.8, 4) is 0 Å². The molecule has 1 fully saturated rings. The predicted molar refractivity (Wildman–Crippen MR) is 60.5 cm³/mol. The Hall–Kier alpha value is -2.22. The lowest BCUT2D eigenvalue weighted by molar-refractivity contribution is -0.385. The van der Waals surface area contributed by atoms with E-state index in [-0.39, 0.29) is 18.0 Å². The van der Waals surface area contributed by atoms with Crippen LogP contribution in [-0.2, 0) is 0 Å². The molecule has 18 heavy (non-hydrogen) atoms. The Morgan fingerprint density at radius 3 is 2.72 bits per heavy atom.